The van der Waals surface area contributed by atoms with Crippen molar-refractivity contribution < 1.29 is 4.79 Å². The molecule has 2 N–H and O–H groups in total. The Morgan fingerprint density at radius 3 is 2.62 bits per heavy atom. The monoisotopic (exact) mass is 483 g/mol. The molecule has 6 aromatic rings. The van der Waals surface area contributed by atoms with Crippen LogP contribution in [0.1, 0.15) is 5.56 Å². The van der Waals surface area contributed by atoms with Crippen LogP contribution in [0, 0.1) is 0 Å². The van der Waals surface area contributed by atoms with Gasteiger partial charge in [0.2, 0.25) is 0 Å². The fraction of sp³-hybridized carbons (Fsp3) is 0.0345. The minimum absolute atomic E-state index is 0.364. The van der Waals surface area contributed by atoms with Crippen molar-refractivity contribution in [1.82, 2.24) is 24.7 Å². The van der Waals surface area contributed by atoms with Crippen molar-refractivity contribution in [3.8, 4) is 0 Å². The average Bonchev–Trinajstić information content (AvgIpc) is 3.32. The summed E-state index contributed by atoms with van der Waals surface area (Å²) < 4.78 is 1.97. The summed E-state index contributed by atoms with van der Waals surface area (Å²) in [6, 6.07) is 22.2. The van der Waals surface area contributed by atoms with Crippen molar-refractivity contribution >= 4 is 55.8 Å². The number of benzene rings is 3. The largest absolute Gasteiger partial charge is 0.339 e. The summed E-state index contributed by atoms with van der Waals surface area (Å²) >= 11 is 0. The van der Waals surface area contributed by atoms with Gasteiger partial charge in [-0.05, 0) is 17.7 Å². The van der Waals surface area contributed by atoms with E-state index in [-0.39, 0.29) is 5.91 Å². The molecule has 0 spiro atoms. The van der Waals surface area contributed by atoms with Gasteiger partial charge in [0.1, 0.15) is 23.5 Å². The second-order valence-corrected chi connectivity index (χ2v) is 8.49. The van der Waals surface area contributed by atoms with E-state index in [1.807, 2.05) is 35.0 Å². The number of hydrogen-bond acceptors (Lipinski definition) is 6. The molecule has 8 nitrogen and oxygen atoms in total. The Bertz CT molecular complexity index is 1840. The molecule has 0 atom stereocenters. The van der Waals surface area contributed by atoms with Gasteiger partial charge in [-0.1, -0.05) is 61.2 Å². The van der Waals surface area contributed by atoms with Gasteiger partial charge in [-0.25, -0.2) is 15.0 Å². The highest BCUT2D eigenvalue weighted by atomic mass is 16.1. The van der Waals surface area contributed by atoms with E-state index in [0.717, 1.165) is 32.7 Å². The number of nitrogens with one attached hydrogen (secondary N) is 2. The standard InChI is InChI=1S/C29H21N7O/c1-2-8-27(37)34-26-14-23-25(15-30-26)31-18-32-29(23)33-24-13-20-17-36(16-19-9-4-3-5-10-19)35-28(20)22-12-7-6-11-21(22)24/h3-15,17-18H,1,16H2,(H,30,34,37)(H,31,32,33). The maximum Gasteiger partial charge on any atom is 0.257 e. The fourth-order valence-electron chi connectivity index (χ4n) is 4.37. The highest BCUT2D eigenvalue weighted by Gasteiger charge is 2.13. The normalized spacial score (nSPS) is 10.9. The van der Waals surface area contributed by atoms with E-state index >= 15 is 0 Å². The maximum absolute atomic E-state index is 11.9. The van der Waals surface area contributed by atoms with Gasteiger partial charge in [-0.3, -0.25) is 9.48 Å². The Morgan fingerprint density at radius 1 is 0.973 bits per heavy atom. The highest BCUT2D eigenvalue weighted by Crippen LogP contribution is 2.34. The van der Waals surface area contributed by atoms with Crippen LogP contribution in [0.2, 0.25) is 0 Å². The molecule has 0 aliphatic carbocycles. The first kappa shape index (κ1) is 22.2. The van der Waals surface area contributed by atoms with E-state index in [4.69, 9.17) is 5.10 Å². The summed E-state index contributed by atoms with van der Waals surface area (Å²) in [5, 5.41) is 14.9. The van der Waals surface area contributed by atoms with E-state index < -0.39 is 0 Å². The number of nitrogens with zero attached hydrogens (tertiary/aromatic N) is 5. The molecular formula is C29H21N7O. The van der Waals surface area contributed by atoms with E-state index in [0.29, 0.717) is 23.7 Å². The van der Waals surface area contributed by atoms with Crippen LogP contribution in [0.25, 0.3) is 32.6 Å². The van der Waals surface area contributed by atoms with Crippen molar-refractivity contribution in [2.75, 3.05) is 10.6 Å². The molecule has 0 fully saturated rings. The first-order valence-electron chi connectivity index (χ1n) is 11.7. The molecule has 37 heavy (non-hydrogen) atoms. The molecule has 0 aliphatic rings. The summed E-state index contributed by atoms with van der Waals surface area (Å²) in [6.07, 6.45) is 6.36. The van der Waals surface area contributed by atoms with Crippen molar-refractivity contribution in [2.24, 2.45) is 0 Å². The number of anilines is 3. The number of fused-ring (bicyclic) bond motifs is 4. The van der Waals surface area contributed by atoms with Crippen LogP contribution in [0.15, 0.2) is 104 Å². The number of carbonyl (C=O) groups is 1. The Balaban J connectivity index is 1.42. The Morgan fingerprint density at radius 2 is 1.78 bits per heavy atom. The Kier molecular flexibility index (Phi) is 5.61. The van der Waals surface area contributed by atoms with E-state index in [1.54, 1.807) is 12.3 Å². The van der Waals surface area contributed by atoms with Gasteiger partial charge < -0.3 is 10.6 Å². The van der Waals surface area contributed by atoms with Crippen molar-refractivity contribution in [3.63, 3.8) is 0 Å². The SMILES string of the molecule is C=C=CC(=O)Nc1cc2c(Nc3cc4cn(Cc5ccccc5)nc4c4ccccc34)ncnc2cn1. The summed E-state index contributed by atoms with van der Waals surface area (Å²) in [5.41, 5.74) is 6.12. The fourth-order valence-corrected chi connectivity index (χ4v) is 4.37. The number of pyridine rings is 1. The predicted molar refractivity (Wildman–Crippen MR) is 146 cm³/mol. The van der Waals surface area contributed by atoms with Crippen LogP contribution in [-0.2, 0) is 11.3 Å². The topological polar surface area (TPSA) is 97.6 Å². The number of hydrogen-bond donors (Lipinski definition) is 2. The van der Waals surface area contributed by atoms with E-state index in [1.165, 1.54) is 18.0 Å². The zero-order valence-corrected chi connectivity index (χ0v) is 19.7. The number of carbonyl (C=O) groups excluding carboxylic acids is 1. The first-order valence-corrected chi connectivity index (χ1v) is 11.7. The van der Waals surface area contributed by atoms with Crippen LogP contribution in [0.3, 0.4) is 0 Å². The molecular weight excluding hydrogens is 462 g/mol. The third-order valence-corrected chi connectivity index (χ3v) is 6.01. The molecule has 0 unspecified atom stereocenters. The summed E-state index contributed by atoms with van der Waals surface area (Å²) in [7, 11) is 0. The summed E-state index contributed by atoms with van der Waals surface area (Å²) in [6.45, 7) is 4.11. The smallest absolute Gasteiger partial charge is 0.257 e. The van der Waals surface area contributed by atoms with Crippen molar-refractivity contribution in [1.29, 1.82) is 0 Å². The molecule has 0 aliphatic heterocycles. The molecule has 0 saturated heterocycles. The lowest BCUT2D eigenvalue weighted by Crippen LogP contribution is -2.09. The number of rotatable bonds is 6. The average molecular weight is 484 g/mol. The van der Waals surface area contributed by atoms with Gasteiger partial charge in [0, 0.05) is 39.5 Å². The van der Waals surface area contributed by atoms with Gasteiger partial charge >= 0.3 is 0 Å². The third kappa shape index (κ3) is 4.40. The molecule has 0 radical (unpaired) electrons. The van der Waals surface area contributed by atoms with Crippen LogP contribution in [0.4, 0.5) is 17.3 Å². The molecule has 178 valence electrons. The molecule has 0 saturated carbocycles. The first-order chi connectivity index (χ1) is 18.2. The molecule has 8 heteroatoms. The minimum atomic E-state index is -0.364. The van der Waals surface area contributed by atoms with Gasteiger partial charge in [0.15, 0.2) is 0 Å². The Labute approximate surface area is 212 Å². The van der Waals surface area contributed by atoms with Crippen molar-refractivity contribution in [2.45, 2.75) is 6.54 Å². The van der Waals surface area contributed by atoms with Crippen LogP contribution in [-0.4, -0.2) is 30.6 Å². The summed E-state index contributed by atoms with van der Waals surface area (Å²) in [4.78, 5) is 25.0. The minimum Gasteiger partial charge on any atom is -0.339 e. The zero-order chi connectivity index (χ0) is 25.2. The van der Waals surface area contributed by atoms with Gasteiger partial charge in [0.25, 0.3) is 5.91 Å². The maximum atomic E-state index is 11.9. The lowest BCUT2D eigenvalue weighted by molar-refractivity contribution is -0.111. The van der Waals surface area contributed by atoms with Crippen LogP contribution < -0.4 is 10.6 Å². The molecule has 3 aromatic heterocycles. The molecule has 6 rings (SSSR count). The zero-order valence-electron chi connectivity index (χ0n) is 19.7. The summed E-state index contributed by atoms with van der Waals surface area (Å²) in [5.74, 6) is 0.616. The second kappa shape index (κ2) is 9.37. The number of amides is 1. The molecule has 3 aromatic carbocycles. The van der Waals surface area contributed by atoms with Crippen molar-refractivity contribution in [3.05, 3.63) is 109 Å². The van der Waals surface area contributed by atoms with E-state index in [2.05, 4.69) is 74.4 Å². The van der Waals surface area contributed by atoms with Gasteiger partial charge in [-0.2, -0.15) is 5.10 Å². The lowest BCUT2D eigenvalue weighted by atomic mass is 10.1. The van der Waals surface area contributed by atoms with Crippen LogP contribution >= 0.6 is 0 Å². The third-order valence-electron chi connectivity index (χ3n) is 6.01. The second-order valence-electron chi connectivity index (χ2n) is 8.49. The Hall–Kier alpha value is -5.33. The quantitative estimate of drug-likeness (QED) is 0.236. The highest BCUT2D eigenvalue weighted by molar-refractivity contribution is 6.12. The van der Waals surface area contributed by atoms with Crippen LogP contribution in [0.5, 0.6) is 0 Å². The van der Waals surface area contributed by atoms with E-state index in [9.17, 15) is 4.79 Å². The lowest BCUT2D eigenvalue weighted by Gasteiger charge is -2.12. The van der Waals surface area contributed by atoms with Gasteiger partial charge in [-0.15, -0.1) is 5.73 Å². The molecule has 3 heterocycles. The molecule has 1 amide bonds. The number of aromatic nitrogens is 5. The molecule has 0 bridgehead atoms. The predicted octanol–water partition coefficient (Wildman–Crippen LogP) is 5.60. The van der Waals surface area contributed by atoms with Gasteiger partial charge in [0.05, 0.1) is 18.3 Å².